The summed E-state index contributed by atoms with van der Waals surface area (Å²) in [6.45, 7) is 0. The standard InChI is InChI=1S/C14H19NS2/c15-14(13-9-16-6-7-17-13)12-8-11(12)10-4-2-1-3-5-10/h1-5,11-14H,6-9,15H2. The van der Waals surface area contributed by atoms with Crippen LogP contribution in [0.5, 0.6) is 0 Å². The smallest absolute Gasteiger partial charge is 0.0292 e. The zero-order valence-corrected chi connectivity index (χ0v) is 11.6. The first-order valence-electron chi connectivity index (χ1n) is 6.36. The first-order chi connectivity index (χ1) is 8.36. The average molecular weight is 265 g/mol. The highest BCUT2D eigenvalue weighted by molar-refractivity contribution is 8.06. The van der Waals surface area contributed by atoms with Crippen molar-refractivity contribution in [2.24, 2.45) is 11.7 Å². The molecule has 0 radical (unpaired) electrons. The van der Waals surface area contributed by atoms with E-state index >= 15 is 0 Å². The third-order valence-electron chi connectivity index (χ3n) is 3.83. The van der Waals surface area contributed by atoms with Crippen molar-refractivity contribution in [2.75, 3.05) is 17.3 Å². The predicted molar refractivity (Wildman–Crippen MR) is 78.8 cm³/mol. The summed E-state index contributed by atoms with van der Waals surface area (Å²) < 4.78 is 0. The summed E-state index contributed by atoms with van der Waals surface area (Å²) in [5, 5.41) is 0.687. The van der Waals surface area contributed by atoms with Crippen molar-refractivity contribution >= 4 is 23.5 Å². The summed E-state index contributed by atoms with van der Waals surface area (Å²) >= 11 is 4.16. The van der Waals surface area contributed by atoms with Gasteiger partial charge in [0, 0.05) is 28.6 Å². The Bertz CT molecular complexity index is 362. The lowest BCUT2D eigenvalue weighted by molar-refractivity contribution is 0.578. The van der Waals surface area contributed by atoms with Crippen molar-refractivity contribution in [2.45, 2.75) is 23.6 Å². The molecule has 1 heterocycles. The lowest BCUT2D eigenvalue weighted by Gasteiger charge is -2.27. The van der Waals surface area contributed by atoms with Crippen LogP contribution in [0.2, 0.25) is 0 Å². The van der Waals surface area contributed by atoms with Crippen molar-refractivity contribution in [1.29, 1.82) is 0 Å². The molecule has 0 aromatic heterocycles. The molecule has 1 saturated heterocycles. The Morgan fingerprint density at radius 1 is 1.18 bits per heavy atom. The minimum Gasteiger partial charge on any atom is -0.326 e. The van der Waals surface area contributed by atoms with Gasteiger partial charge in [0.2, 0.25) is 0 Å². The van der Waals surface area contributed by atoms with Crippen LogP contribution in [0.4, 0.5) is 0 Å². The lowest BCUT2D eigenvalue weighted by atomic mass is 10.0. The molecule has 3 rings (SSSR count). The molecule has 1 saturated carbocycles. The van der Waals surface area contributed by atoms with Crippen LogP contribution in [0.1, 0.15) is 17.9 Å². The van der Waals surface area contributed by atoms with Crippen molar-refractivity contribution in [1.82, 2.24) is 0 Å². The van der Waals surface area contributed by atoms with Crippen molar-refractivity contribution in [3.63, 3.8) is 0 Å². The minimum absolute atomic E-state index is 0.401. The molecular weight excluding hydrogens is 246 g/mol. The van der Waals surface area contributed by atoms with Gasteiger partial charge < -0.3 is 5.73 Å². The molecule has 4 atom stereocenters. The zero-order chi connectivity index (χ0) is 11.7. The van der Waals surface area contributed by atoms with E-state index in [0.29, 0.717) is 11.3 Å². The molecule has 0 bridgehead atoms. The van der Waals surface area contributed by atoms with E-state index in [1.54, 1.807) is 0 Å². The van der Waals surface area contributed by atoms with Gasteiger partial charge in [-0.25, -0.2) is 0 Å². The van der Waals surface area contributed by atoms with Gasteiger partial charge in [0.05, 0.1) is 0 Å². The van der Waals surface area contributed by atoms with Gasteiger partial charge in [0.25, 0.3) is 0 Å². The first-order valence-corrected chi connectivity index (χ1v) is 8.56. The molecule has 17 heavy (non-hydrogen) atoms. The third-order valence-corrected chi connectivity index (χ3v) is 6.74. The van der Waals surface area contributed by atoms with Gasteiger partial charge in [-0.15, -0.1) is 0 Å². The molecule has 92 valence electrons. The van der Waals surface area contributed by atoms with E-state index in [9.17, 15) is 0 Å². The van der Waals surface area contributed by atoms with Gasteiger partial charge in [-0.05, 0) is 23.8 Å². The fourth-order valence-electron chi connectivity index (χ4n) is 2.73. The van der Waals surface area contributed by atoms with Crippen LogP contribution < -0.4 is 5.73 Å². The van der Waals surface area contributed by atoms with Crippen molar-refractivity contribution in [3.8, 4) is 0 Å². The maximum Gasteiger partial charge on any atom is 0.0292 e. The Morgan fingerprint density at radius 3 is 2.71 bits per heavy atom. The van der Waals surface area contributed by atoms with Gasteiger partial charge in [-0.3, -0.25) is 0 Å². The topological polar surface area (TPSA) is 26.0 Å². The number of rotatable bonds is 3. The van der Waals surface area contributed by atoms with Crippen LogP contribution in [0.15, 0.2) is 30.3 Å². The second-order valence-electron chi connectivity index (χ2n) is 4.98. The maximum absolute atomic E-state index is 6.45. The number of thioether (sulfide) groups is 2. The Balaban J connectivity index is 1.60. The summed E-state index contributed by atoms with van der Waals surface area (Å²) in [6, 6.07) is 11.3. The monoisotopic (exact) mass is 265 g/mol. The van der Waals surface area contributed by atoms with Gasteiger partial charge in [0.1, 0.15) is 0 Å². The van der Waals surface area contributed by atoms with Crippen LogP contribution in [0.25, 0.3) is 0 Å². The first kappa shape index (κ1) is 11.9. The molecular formula is C14H19NS2. The fraction of sp³-hybridized carbons (Fsp3) is 0.571. The van der Waals surface area contributed by atoms with Crippen LogP contribution in [-0.4, -0.2) is 28.6 Å². The van der Waals surface area contributed by atoms with Crippen molar-refractivity contribution < 1.29 is 0 Å². The van der Waals surface area contributed by atoms with Gasteiger partial charge in [0.15, 0.2) is 0 Å². The van der Waals surface area contributed by atoms with E-state index in [-0.39, 0.29) is 0 Å². The van der Waals surface area contributed by atoms with E-state index in [4.69, 9.17) is 5.73 Å². The van der Waals surface area contributed by atoms with Gasteiger partial charge in [-0.2, -0.15) is 23.5 Å². The lowest BCUT2D eigenvalue weighted by Crippen LogP contribution is -2.38. The van der Waals surface area contributed by atoms with Crippen LogP contribution in [0, 0.1) is 5.92 Å². The number of hydrogen-bond donors (Lipinski definition) is 1. The number of hydrogen-bond acceptors (Lipinski definition) is 3. The molecule has 0 spiro atoms. The Hall–Kier alpha value is -0.120. The Kier molecular flexibility index (Phi) is 3.69. The summed E-state index contributed by atoms with van der Waals surface area (Å²) in [5.74, 6) is 5.31. The highest BCUT2D eigenvalue weighted by Gasteiger charge is 2.45. The third kappa shape index (κ3) is 2.67. The second kappa shape index (κ2) is 5.25. The largest absolute Gasteiger partial charge is 0.326 e. The number of benzene rings is 1. The van der Waals surface area contributed by atoms with Crippen LogP contribution in [-0.2, 0) is 0 Å². The molecule has 3 heteroatoms. The quantitative estimate of drug-likeness (QED) is 0.910. The minimum atomic E-state index is 0.401. The fourth-order valence-corrected chi connectivity index (χ4v) is 5.61. The summed E-state index contributed by atoms with van der Waals surface area (Å²) in [7, 11) is 0. The Labute approximate surface area is 112 Å². The summed E-state index contributed by atoms with van der Waals surface area (Å²) in [5.41, 5.74) is 7.93. The maximum atomic E-state index is 6.45. The molecule has 2 aliphatic rings. The van der Waals surface area contributed by atoms with Crippen LogP contribution >= 0.6 is 23.5 Å². The average Bonchev–Trinajstić information content (AvgIpc) is 3.20. The molecule has 1 aliphatic heterocycles. The van der Waals surface area contributed by atoms with E-state index in [1.807, 2.05) is 0 Å². The highest BCUT2D eigenvalue weighted by atomic mass is 32.2. The predicted octanol–water partition coefficient (Wildman–Crippen LogP) is 2.97. The van der Waals surface area contributed by atoms with Gasteiger partial charge in [-0.1, -0.05) is 30.3 Å². The Morgan fingerprint density at radius 2 is 2.00 bits per heavy atom. The molecule has 1 nitrogen and oxygen atoms in total. The molecule has 1 aliphatic carbocycles. The van der Waals surface area contributed by atoms with E-state index in [2.05, 4.69) is 53.9 Å². The highest BCUT2D eigenvalue weighted by Crippen LogP contribution is 2.51. The number of nitrogens with two attached hydrogens (primary N) is 1. The zero-order valence-electron chi connectivity index (χ0n) is 9.92. The van der Waals surface area contributed by atoms with E-state index in [1.165, 1.54) is 29.2 Å². The summed E-state index contributed by atoms with van der Waals surface area (Å²) in [4.78, 5) is 0. The SMILES string of the molecule is NC(C1CSCCS1)C1CC1c1ccccc1. The molecule has 2 N–H and O–H groups in total. The molecule has 4 unspecified atom stereocenters. The normalized spacial score (nSPS) is 34.3. The van der Waals surface area contributed by atoms with Gasteiger partial charge >= 0.3 is 0 Å². The molecule has 2 fully saturated rings. The molecule has 1 aromatic rings. The van der Waals surface area contributed by atoms with Crippen LogP contribution in [0.3, 0.4) is 0 Å². The molecule has 0 amide bonds. The second-order valence-corrected chi connectivity index (χ2v) is 7.48. The molecule has 1 aromatic carbocycles. The van der Waals surface area contributed by atoms with E-state index < -0.39 is 0 Å². The van der Waals surface area contributed by atoms with Crippen molar-refractivity contribution in [3.05, 3.63) is 35.9 Å². The van der Waals surface area contributed by atoms with E-state index in [0.717, 1.165) is 11.8 Å². The summed E-state index contributed by atoms with van der Waals surface area (Å²) in [6.07, 6.45) is 1.30.